The highest BCUT2D eigenvalue weighted by atomic mass is 16.5. The van der Waals surface area contributed by atoms with Crippen LogP contribution in [0.25, 0.3) is 0 Å². The van der Waals surface area contributed by atoms with Crippen LogP contribution in [0.3, 0.4) is 0 Å². The number of benzene rings is 1. The van der Waals surface area contributed by atoms with Crippen molar-refractivity contribution in [2.45, 2.75) is 20.5 Å². The van der Waals surface area contributed by atoms with Gasteiger partial charge in [0, 0.05) is 12.2 Å². The molecule has 0 aromatic heterocycles. The SMILES string of the molecule is CCOCc1cc(C(C)=NN)ccc1OC. The maximum Gasteiger partial charge on any atom is 0.124 e. The first-order valence-electron chi connectivity index (χ1n) is 5.22. The third-order valence-corrected chi connectivity index (χ3v) is 2.35. The molecule has 0 amide bonds. The van der Waals surface area contributed by atoms with Crippen molar-refractivity contribution in [1.82, 2.24) is 0 Å². The second-order valence-electron chi connectivity index (χ2n) is 3.38. The quantitative estimate of drug-likeness (QED) is 0.470. The van der Waals surface area contributed by atoms with Crippen molar-refractivity contribution in [1.29, 1.82) is 0 Å². The average molecular weight is 222 g/mol. The average Bonchev–Trinajstić information content (AvgIpc) is 2.34. The fraction of sp³-hybridized carbons (Fsp3) is 0.417. The molecule has 0 radical (unpaired) electrons. The predicted octanol–water partition coefficient (Wildman–Crippen LogP) is 1.91. The molecule has 4 heteroatoms. The smallest absolute Gasteiger partial charge is 0.124 e. The van der Waals surface area contributed by atoms with Crippen LogP contribution in [0.2, 0.25) is 0 Å². The van der Waals surface area contributed by atoms with Crippen molar-refractivity contribution in [3.63, 3.8) is 0 Å². The molecule has 0 aliphatic heterocycles. The number of nitrogens with two attached hydrogens (primary N) is 1. The van der Waals surface area contributed by atoms with Gasteiger partial charge in [-0.2, -0.15) is 5.10 Å². The van der Waals surface area contributed by atoms with Crippen molar-refractivity contribution in [2.24, 2.45) is 10.9 Å². The Morgan fingerprint density at radius 1 is 1.44 bits per heavy atom. The number of hydrogen-bond acceptors (Lipinski definition) is 4. The lowest BCUT2D eigenvalue weighted by molar-refractivity contribution is 0.132. The molecule has 1 aromatic carbocycles. The summed E-state index contributed by atoms with van der Waals surface area (Å²) < 4.78 is 10.6. The highest BCUT2D eigenvalue weighted by Gasteiger charge is 2.06. The van der Waals surface area contributed by atoms with E-state index in [2.05, 4.69) is 5.10 Å². The van der Waals surface area contributed by atoms with E-state index in [1.165, 1.54) is 0 Å². The molecule has 1 aromatic rings. The standard InChI is InChI=1S/C12H18N2O2/c1-4-16-8-11-7-10(9(2)14-13)5-6-12(11)15-3/h5-7H,4,8,13H2,1-3H3. The fourth-order valence-electron chi connectivity index (χ4n) is 1.40. The molecule has 88 valence electrons. The first-order valence-corrected chi connectivity index (χ1v) is 5.22. The summed E-state index contributed by atoms with van der Waals surface area (Å²) in [5.74, 6) is 6.07. The van der Waals surface area contributed by atoms with Crippen LogP contribution in [0.4, 0.5) is 0 Å². The summed E-state index contributed by atoms with van der Waals surface area (Å²) in [5, 5.41) is 3.67. The van der Waals surface area contributed by atoms with E-state index in [-0.39, 0.29) is 0 Å². The summed E-state index contributed by atoms with van der Waals surface area (Å²) in [6.45, 7) is 5.04. The second kappa shape index (κ2) is 6.12. The molecule has 0 spiro atoms. The Labute approximate surface area is 96.1 Å². The van der Waals surface area contributed by atoms with Gasteiger partial charge in [0.15, 0.2) is 0 Å². The number of methoxy groups -OCH3 is 1. The molecule has 1 rings (SSSR count). The lowest BCUT2D eigenvalue weighted by Gasteiger charge is -2.10. The van der Waals surface area contributed by atoms with Crippen molar-refractivity contribution in [3.05, 3.63) is 29.3 Å². The van der Waals surface area contributed by atoms with Crippen LogP contribution in [-0.4, -0.2) is 19.4 Å². The van der Waals surface area contributed by atoms with Crippen molar-refractivity contribution in [2.75, 3.05) is 13.7 Å². The van der Waals surface area contributed by atoms with E-state index >= 15 is 0 Å². The van der Waals surface area contributed by atoms with Crippen LogP contribution in [0.5, 0.6) is 5.75 Å². The van der Waals surface area contributed by atoms with Gasteiger partial charge in [-0.1, -0.05) is 0 Å². The van der Waals surface area contributed by atoms with E-state index in [4.69, 9.17) is 15.3 Å². The third-order valence-electron chi connectivity index (χ3n) is 2.35. The van der Waals surface area contributed by atoms with Gasteiger partial charge in [0.05, 0.1) is 19.4 Å². The molecule has 0 aliphatic rings. The van der Waals surface area contributed by atoms with Gasteiger partial charge in [-0.05, 0) is 37.6 Å². The van der Waals surface area contributed by atoms with Gasteiger partial charge in [-0.15, -0.1) is 0 Å². The van der Waals surface area contributed by atoms with Gasteiger partial charge in [0.25, 0.3) is 0 Å². The predicted molar refractivity (Wildman–Crippen MR) is 64.7 cm³/mol. The molecular weight excluding hydrogens is 204 g/mol. The topological polar surface area (TPSA) is 56.8 Å². The molecule has 0 heterocycles. The molecule has 0 atom stereocenters. The summed E-state index contributed by atoms with van der Waals surface area (Å²) in [7, 11) is 1.65. The molecule has 0 unspecified atom stereocenters. The van der Waals surface area contributed by atoms with Gasteiger partial charge >= 0.3 is 0 Å². The first kappa shape index (κ1) is 12.5. The van der Waals surface area contributed by atoms with Crippen LogP contribution >= 0.6 is 0 Å². The normalized spacial score (nSPS) is 11.6. The zero-order chi connectivity index (χ0) is 12.0. The Bertz CT molecular complexity index is 375. The molecule has 16 heavy (non-hydrogen) atoms. The van der Waals surface area contributed by atoms with Gasteiger partial charge in [0.2, 0.25) is 0 Å². The largest absolute Gasteiger partial charge is 0.496 e. The number of hydrazone groups is 1. The Hall–Kier alpha value is -1.55. The van der Waals surface area contributed by atoms with E-state index < -0.39 is 0 Å². The zero-order valence-electron chi connectivity index (χ0n) is 9.99. The lowest BCUT2D eigenvalue weighted by atomic mass is 10.1. The van der Waals surface area contributed by atoms with Gasteiger partial charge in [0.1, 0.15) is 5.75 Å². The number of nitrogens with zero attached hydrogens (tertiary/aromatic N) is 1. The Morgan fingerprint density at radius 2 is 2.19 bits per heavy atom. The maximum absolute atomic E-state index is 5.38. The van der Waals surface area contributed by atoms with Crippen LogP contribution in [0.1, 0.15) is 25.0 Å². The number of hydrogen-bond donors (Lipinski definition) is 1. The van der Waals surface area contributed by atoms with E-state index in [1.807, 2.05) is 32.0 Å². The molecule has 0 saturated carbocycles. The van der Waals surface area contributed by atoms with E-state index in [0.29, 0.717) is 13.2 Å². The van der Waals surface area contributed by atoms with Crippen LogP contribution in [0, 0.1) is 0 Å². The van der Waals surface area contributed by atoms with E-state index in [9.17, 15) is 0 Å². The van der Waals surface area contributed by atoms with Crippen LogP contribution in [0.15, 0.2) is 23.3 Å². The summed E-state index contributed by atoms with van der Waals surface area (Å²) in [6, 6.07) is 5.82. The molecule has 0 fully saturated rings. The third kappa shape index (κ3) is 2.97. The monoisotopic (exact) mass is 222 g/mol. The summed E-state index contributed by atoms with van der Waals surface area (Å²) in [4.78, 5) is 0. The number of ether oxygens (including phenoxy) is 2. The van der Waals surface area contributed by atoms with Crippen molar-refractivity contribution >= 4 is 5.71 Å². The van der Waals surface area contributed by atoms with Crippen LogP contribution in [-0.2, 0) is 11.3 Å². The van der Waals surface area contributed by atoms with Crippen molar-refractivity contribution < 1.29 is 9.47 Å². The molecule has 0 bridgehead atoms. The van der Waals surface area contributed by atoms with Gasteiger partial charge < -0.3 is 15.3 Å². The first-order chi connectivity index (χ1) is 7.72. The molecule has 0 aliphatic carbocycles. The van der Waals surface area contributed by atoms with E-state index in [1.54, 1.807) is 7.11 Å². The van der Waals surface area contributed by atoms with E-state index in [0.717, 1.165) is 22.6 Å². The second-order valence-corrected chi connectivity index (χ2v) is 3.38. The summed E-state index contributed by atoms with van der Waals surface area (Å²) in [6.07, 6.45) is 0. The summed E-state index contributed by atoms with van der Waals surface area (Å²) >= 11 is 0. The molecule has 4 nitrogen and oxygen atoms in total. The molecule has 0 saturated heterocycles. The lowest BCUT2D eigenvalue weighted by Crippen LogP contribution is -2.02. The summed E-state index contributed by atoms with van der Waals surface area (Å²) in [5.41, 5.74) is 2.78. The zero-order valence-corrected chi connectivity index (χ0v) is 9.99. The highest BCUT2D eigenvalue weighted by Crippen LogP contribution is 2.21. The molecular formula is C12H18N2O2. The van der Waals surface area contributed by atoms with Gasteiger partial charge in [-0.25, -0.2) is 0 Å². The Morgan fingerprint density at radius 3 is 2.75 bits per heavy atom. The fourth-order valence-corrected chi connectivity index (χ4v) is 1.40. The highest BCUT2D eigenvalue weighted by molar-refractivity contribution is 5.98. The minimum absolute atomic E-state index is 0.533. The maximum atomic E-state index is 5.38. The molecule has 2 N–H and O–H groups in total. The van der Waals surface area contributed by atoms with Crippen molar-refractivity contribution in [3.8, 4) is 5.75 Å². The minimum atomic E-state index is 0.533. The Kier molecular flexibility index (Phi) is 4.79. The Balaban J connectivity index is 3.01. The van der Waals surface area contributed by atoms with Crippen LogP contribution < -0.4 is 10.6 Å². The minimum Gasteiger partial charge on any atom is -0.496 e. The number of rotatable bonds is 5. The van der Waals surface area contributed by atoms with Gasteiger partial charge in [-0.3, -0.25) is 0 Å².